The fraction of sp³-hybridized carbons (Fsp3) is 0.857. The average molecular weight is 438 g/mol. The van der Waals surface area contributed by atoms with Crippen molar-refractivity contribution in [3.05, 3.63) is 0 Å². The van der Waals surface area contributed by atoms with E-state index in [-0.39, 0.29) is 65.4 Å². The molecule has 1 unspecified atom stereocenters. The molecule has 0 bridgehead atoms. The van der Waals surface area contributed by atoms with Crippen molar-refractivity contribution in [1.29, 1.82) is 0 Å². The smallest absolute Gasteiger partial charge is 0.356 e. The molecule has 5 nitrogen and oxygen atoms in total. The summed E-state index contributed by atoms with van der Waals surface area (Å²) in [7, 11) is 0. The Labute approximate surface area is 153 Å². The van der Waals surface area contributed by atoms with Crippen molar-refractivity contribution in [2.45, 2.75) is 16.8 Å². The number of aliphatic hydroxyl groups is 2. The van der Waals surface area contributed by atoms with E-state index in [2.05, 4.69) is 0 Å². The van der Waals surface area contributed by atoms with Crippen LogP contribution in [0.1, 0.15) is 6.92 Å². The predicted molar refractivity (Wildman–Crippen MR) is 57.5 cm³/mol. The summed E-state index contributed by atoms with van der Waals surface area (Å²) in [5.74, 6) is -1.46. The van der Waals surface area contributed by atoms with Crippen LogP contribution < -0.4 is 0 Å². The Morgan fingerprint density at radius 2 is 1.76 bits per heavy atom. The number of alkyl halides is 3. The van der Waals surface area contributed by atoms with E-state index in [1.165, 1.54) is 0 Å². The third-order valence-electron chi connectivity index (χ3n) is 0.968. The number of aliphatic hydroxyl groups excluding tert-OH is 2. The van der Waals surface area contributed by atoms with E-state index in [0.717, 1.165) is 0 Å². The Kier molecular flexibility index (Phi) is 25.7. The van der Waals surface area contributed by atoms with Crippen molar-refractivity contribution in [2.24, 2.45) is 0 Å². The van der Waals surface area contributed by atoms with Crippen molar-refractivity contribution in [2.75, 3.05) is 19.8 Å². The molecule has 0 aromatic heterocycles. The average Bonchev–Trinajstić information content (AvgIpc) is 2.13. The van der Waals surface area contributed by atoms with Gasteiger partial charge in [-0.15, -0.1) is 0 Å². The number of rotatable bonds is 4. The van der Waals surface area contributed by atoms with Crippen LogP contribution in [-0.4, -0.2) is 51.0 Å². The van der Waals surface area contributed by atoms with Gasteiger partial charge in [0.05, 0.1) is 13.2 Å². The number of carboxylic acid groups (broad SMARTS) is 1. The molecular weight excluding hydrogens is 425 g/mol. The standard InChI is InChI=1S/C5H12O3.C2HCl3O2.Y.Zn/c1-2-8-4-5(7)3-6;3-2(4,5)1(6)7;;/h5-7H,2-4H2,1H3;(H,6,7);;. The normalized spacial score (nSPS) is 11.2. The summed E-state index contributed by atoms with van der Waals surface area (Å²) in [5, 5.41) is 24.7. The summed E-state index contributed by atoms with van der Waals surface area (Å²) in [6.07, 6.45) is -0.713. The molecule has 1 atom stereocenters. The molecule has 0 amide bonds. The van der Waals surface area contributed by atoms with Crippen molar-refractivity contribution in [3.8, 4) is 0 Å². The van der Waals surface area contributed by atoms with Crippen molar-refractivity contribution in [1.82, 2.24) is 0 Å². The molecule has 0 saturated carbocycles. The maximum atomic E-state index is 9.62. The van der Waals surface area contributed by atoms with Crippen LogP contribution in [0.2, 0.25) is 0 Å². The number of carbonyl (C=O) groups is 1. The number of halogens is 3. The summed E-state index contributed by atoms with van der Waals surface area (Å²) in [6.45, 7) is 2.42. The fourth-order valence-corrected chi connectivity index (χ4v) is 0.307. The van der Waals surface area contributed by atoms with Gasteiger partial charge in [0.1, 0.15) is 6.10 Å². The third kappa shape index (κ3) is 23.5. The Morgan fingerprint density at radius 3 is 1.94 bits per heavy atom. The number of carboxylic acids is 1. The molecule has 1 radical (unpaired) electrons. The van der Waals surface area contributed by atoms with Gasteiger partial charge in [-0.25, -0.2) is 4.79 Å². The van der Waals surface area contributed by atoms with E-state index in [1.807, 2.05) is 6.92 Å². The molecule has 10 heteroatoms. The van der Waals surface area contributed by atoms with Gasteiger partial charge in [0.15, 0.2) is 0 Å². The monoisotopic (exact) mass is 435 g/mol. The van der Waals surface area contributed by atoms with Gasteiger partial charge >= 0.3 is 5.97 Å². The summed E-state index contributed by atoms with van der Waals surface area (Å²) in [4.78, 5) is 9.62. The topological polar surface area (TPSA) is 87.0 Å². The van der Waals surface area contributed by atoms with Crippen LogP contribution in [0, 0.1) is 0 Å². The molecule has 97 valence electrons. The summed E-state index contributed by atoms with van der Waals surface area (Å²) in [6, 6.07) is 0. The first-order chi connectivity index (χ1) is 6.75. The minimum Gasteiger partial charge on any atom is -0.478 e. The number of hydrogen-bond donors (Lipinski definition) is 3. The molecule has 17 heavy (non-hydrogen) atoms. The first-order valence-corrected chi connectivity index (χ1v) is 5.05. The maximum absolute atomic E-state index is 9.62. The van der Waals surface area contributed by atoms with Gasteiger partial charge in [-0.3, -0.25) is 0 Å². The van der Waals surface area contributed by atoms with E-state index in [0.29, 0.717) is 6.61 Å². The summed E-state index contributed by atoms with van der Waals surface area (Å²) >= 11 is 14.4. The summed E-state index contributed by atoms with van der Waals surface area (Å²) < 4.78 is 2.61. The van der Waals surface area contributed by atoms with Gasteiger partial charge in [-0.05, 0) is 6.92 Å². The van der Waals surface area contributed by atoms with Crippen molar-refractivity contribution >= 4 is 40.8 Å². The minimum absolute atomic E-state index is 0. The van der Waals surface area contributed by atoms with Crippen LogP contribution in [0.5, 0.6) is 0 Å². The molecular formula is C7H13Cl3O5YZn. The van der Waals surface area contributed by atoms with Gasteiger partial charge < -0.3 is 20.1 Å². The SMILES string of the molecule is CCOCC(O)CO.O=C(O)C(Cl)(Cl)Cl.[Y].[Zn]. The zero-order valence-corrected chi connectivity index (χ0v) is 17.3. The Bertz CT molecular complexity index is 181. The zero-order valence-electron chi connectivity index (χ0n) is 9.28. The number of ether oxygens (including phenoxy) is 1. The second kappa shape index (κ2) is 16.0. The Morgan fingerprint density at radius 1 is 1.41 bits per heavy atom. The quantitative estimate of drug-likeness (QED) is 0.447. The second-order valence-electron chi connectivity index (χ2n) is 2.30. The van der Waals surface area contributed by atoms with Crippen LogP contribution in [-0.2, 0) is 61.7 Å². The molecule has 0 aliphatic rings. The minimum atomic E-state index is -2.17. The van der Waals surface area contributed by atoms with Gasteiger partial charge in [-0.1, -0.05) is 34.8 Å². The molecule has 0 aromatic carbocycles. The molecule has 0 saturated heterocycles. The largest absolute Gasteiger partial charge is 0.478 e. The van der Waals surface area contributed by atoms with E-state index >= 15 is 0 Å². The van der Waals surface area contributed by atoms with Crippen LogP contribution in [0.15, 0.2) is 0 Å². The maximum Gasteiger partial charge on any atom is 0.356 e. The molecule has 0 spiro atoms. The molecule has 0 aromatic rings. The predicted octanol–water partition coefficient (Wildman–Crippen LogP) is 0.812. The number of aliphatic carboxylic acids is 1. The van der Waals surface area contributed by atoms with Crippen molar-refractivity contribution in [3.63, 3.8) is 0 Å². The molecule has 0 aliphatic carbocycles. The van der Waals surface area contributed by atoms with E-state index in [4.69, 9.17) is 54.9 Å². The van der Waals surface area contributed by atoms with Crippen LogP contribution >= 0.6 is 34.8 Å². The van der Waals surface area contributed by atoms with E-state index in [9.17, 15) is 4.79 Å². The van der Waals surface area contributed by atoms with Crippen molar-refractivity contribution < 1.29 is 77.0 Å². The van der Waals surface area contributed by atoms with Crippen LogP contribution in [0.25, 0.3) is 0 Å². The van der Waals surface area contributed by atoms with E-state index < -0.39 is 15.9 Å². The second-order valence-corrected chi connectivity index (χ2v) is 4.58. The molecule has 3 N–H and O–H groups in total. The fourth-order valence-electron chi connectivity index (χ4n) is 0.307. The Hall–Kier alpha value is 1.95. The molecule has 0 rings (SSSR count). The first kappa shape index (κ1) is 27.3. The van der Waals surface area contributed by atoms with Crippen LogP contribution in [0.3, 0.4) is 0 Å². The Balaban J connectivity index is -0.0000000896. The molecule has 0 fully saturated rings. The van der Waals surface area contributed by atoms with Gasteiger partial charge in [-0.2, -0.15) is 0 Å². The third-order valence-corrected chi connectivity index (χ3v) is 1.45. The van der Waals surface area contributed by atoms with Gasteiger partial charge in [0, 0.05) is 58.8 Å². The first-order valence-electron chi connectivity index (χ1n) is 3.92. The summed E-state index contributed by atoms with van der Waals surface area (Å²) in [5.41, 5.74) is 0. The molecule has 0 heterocycles. The van der Waals surface area contributed by atoms with Crippen LogP contribution in [0.4, 0.5) is 0 Å². The van der Waals surface area contributed by atoms with E-state index in [1.54, 1.807) is 0 Å². The van der Waals surface area contributed by atoms with Gasteiger partial charge in [0.2, 0.25) is 0 Å². The van der Waals surface area contributed by atoms with Gasteiger partial charge in [0.25, 0.3) is 3.79 Å². The molecule has 0 aliphatic heterocycles. The number of hydrogen-bond acceptors (Lipinski definition) is 4. The zero-order chi connectivity index (χ0) is 12.5.